The van der Waals surface area contributed by atoms with Gasteiger partial charge in [-0.2, -0.15) is 23.5 Å². The SMILES string of the molecule is c1ccc(C(CNC2CSCCSC2)N2CCOCC2)nc1. The molecule has 6 heteroatoms. The van der Waals surface area contributed by atoms with Gasteiger partial charge in [-0.1, -0.05) is 6.07 Å². The highest BCUT2D eigenvalue weighted by molar-refractivity contribution is 8.03. The molecular formula is C16H25N3OS2. The van der Waals surface area contributed by atoms with Crippen molar-refractivity contribution in [2.24, 2.45) is 0 Å². The normalized spacial score (nSPS) is 23.1. The van der Waals surface area contributed by atoms with Gasteiger partial charge in [0, 0.05) is 54.9 Å². The van der Waals surface area contributed by atoms with E-state index in [0.717, 1.165) is 32.8 Å². The number of pyridine rings is 1. The number of morpholine rings is 1. The summed E-state index contributed by atoms with van der Waals surface area (Å²) in [5, 5.41) is 3.79. The molecule has 2 aliphatic heterocycles. The minimum atomic E-state index is 0.350. The number of nitrogens with one attached hydrogen (secondary N) is 1. The fourth-order valence-corrected chi connectivity index (χ4v) is 5.36. The lowest BCUT2D eigenvalue weighted by molar-refractivity contribution is 0.0150. The number of thioether (sulfide) groups is 2. The fraction of sp³-hybridized carbons (Fsp3) is 0.688. The Balaban J connectivity index is 1.62. The van der Waals surface area contributed by atoms with E-state index in [-0.39, 0.29) is 0 Å². The molecule has 3 heterocycles. The smallest absolute Gasteiger partial charge is 0.0648 e. The summed E-state index contributed by atoms with van der Waals surface area (Å²) in [5.41, 5.74) is 1.17. The number of hydrogen-bond donors (Lipinski definition) is 1. The molecule has 1 unspecified atom stereocenters. The van der Waals surface area contributed by atoms with Crippen molar-refractivity contribution in [1.29, 1.82) is 0 Å². The summed E-state index contributed by atoms with van der Waals surface area (Å²) in [6, 6.07) is 7.20. The third-order valence-electron chi connectivity index (χ3n) is 4.13. The predicted molar refractivity (Wildman–Crippen MR) is 95.8 cm³/mol. The van der Waals surface area contributed by atoms with Crippen molar-refractivity contribution >= 4 is 23.5 Å². The Bertz CT molecular complexity index is 421. The first-order valence-corrected chi connectivity index (χ1v) is 10.4. The Morgan fingerprint density at radius 1 is 1.23 bits per heavy atom. The molecule has 0 radical (unpaired) electrons. The molecule has 2 aliphatic rings. The maximum absolute atomic E-state index is 5.51. The highest BCUT2D eigenvalue weighted by Crippen LogP contribution is 2.21. The van der Waals surface area contributed by atoms with Crippen LogP contribution < -0.4 is 5.32 Å². The number of ether oxygens (including phenoxy) is 1. The van der Waals surface area contributed by atoms with Gasteiger partial charge < -0.3 is 10.1 Å². The lowest BCUT2D eigenvalue weighted by atomic mass is 10.1. The minimum Gasteiger partial charge on any atom is -0.379 e. The summed E-state index contributed by atoms with van der Waals surface area (Å²) in [5.74, 6) is 5.03. The van der Waals surface area contributed by atoms with Crippen LogP contribution in [0.15, 0.2) is 24.4 Å². The van der Waals surface area contributed by atoms with Gasteiger partial charge in [-0.3, -0.25) is 9.88 Å². The van der Waals surface area contributed by atoms with Crippen LogP contribution >= 0.6 is 23.5 Å². The van der Waals surface area contributed by atoms with Crippen molar-refractivity contribution < 1.29 is 4.74 Å². The maximum Gasteiger partial charge on any atom is 0.0648 e. The molecule has 122 valence electrons. The highest BCUT2D eigenvalue weighted by atomic mass is 32.2. The molecule has 0 amide bonds. The van der Waals surface area contributed by atoms with Crippen molar-refractivity contribution in [2.45, 2.75) is 12.1 Å². The van der Waals surface area contributed by atoms with Crippen LogP contribution in [0, 0.1) is 0 Å². The van der Waals surface area contributed by atoms with Crippen LogP contribution in [0.2, 0.25) is 0 Å². The van der Waals surface area contributed by atoms with Gasteiger partial charge in [-0.05, 0) is 12.1 Å². The van der Waals surface area contributed by atoms with Gasteiger partial charge in [-0.15, -0.1) is 0 Å². The number of aromatic nitrogens is 1. The highest BCUT2D eigenvalue weighted by Gasteiger charge is 2.24. The van der Waals surface area contributed by atoms with Crippen LogP contribution in [0.5, 0.6) is 0 Å². The van der Waals surface area contributed by atoms with Gasteiger partial charge in [-0.25, -0.2) is 0 Å². The van der Waals surface area contributed by atoms with Gasteiger partial charge in [0.2, 0.25) is 0 Å². The van der Waals surface area contributed by atoms with E-state index in [1.807, 2.05) is 12.3 Å². The summed E-state index contributed by atoms with van der Waals surface area (Å²) in [6.45, 7) is 4.63. The maximum atomic E-state index is 5.51. The Labute approximate surface area is 141 Å². The van der Waals surface area contributed by atoms with Crippen LogP contribution in [0.1, 0.15) is 11.7 Å². The molecule has 1 aromatic rings. The quantitative estimate of drug-likeness (QED) is 0.883. The van der Waals surface area contributed by atoms with Gasteiger partial charge in [0.25, 0.3) is 0 Å². The van der Waals surface area contributed by atoms with Gasteiger partial charge in [0.15, 0.2) is 0 Å². The minimum absolute atomic E-state index is 0.350. The van der Waals surface area contributed by atoms with E-state index in [4.69, 9.17) is 4.74 Å². The van der Waals surface area contributed by atoms with Crippen LogP contribution in [-0.4, -0.2) is 71.8 Å². The largest absolute Gasteiger partial charge is 0.379 e. The monoisotopic (exact) mass is 339 g/mol. The van der Waals surface area contributed by atoms with Crippen molar-refractivity contribution in [3.63, 3.8) is 0 Å². The molecule has 22 heavy (non-hydrogen) atoms. The van der Waals surface area contributed by atoms with E-state index in [1.165, 1.54) is 28.7 Å². The summed E-state index contributed by atoms with van der Waals surface area (Å²) in [6.07, 6.45) is 1.90. The molecule has 1 aromatic heterocycles. The molecule has 0 bridgehead atoms. The first-order chi connectivity index (χ1) is 10.9. The van der Waals surface area contributed by atoms with E-state index >= 15 is 0 Å². The number of hydrogen-bond acceptors (Lipinski definition) is 6. The Kier molecular flexibility index (Phi) is 6.88. The van der Waals surface area contributed by atoms with Crippen LogP contribution in [0.4, 0.5) is 0 Å². The average molecular weight is 340 g/mol. The third-order valence-corrected chi connectivity index (χ3v) is 6.65. The molecule has 3 rings (SSSR count). The molecule has 1 N–H and O–H groups in total. The zero-order chi connectivity index (χ0) is 15.0. The molecular weight excluding hydrogens is 314 g/mol. The molecule has 0 saturated carbocycles. The van der Waals surface area contributed by atoms with Crippen LogP contribution in [0.3, 0.4) is 0 Å². The topological polar surface area (TPSA) is 37.4 Å². The second-order valence-electron chi connectivity index (χ2n) is 5.67. The first kappa shape index (κ1) is 16.6. The van der Waals surface area contributed by atoms with Crippen molar-refractivity contribution in [3.05, 3.63) is 30.1 Å². The van der Waals surface area contributed by atoms with Gasteiger partial charge in [0.05, 0.1) is 24.9 Å². The lowest BCUT2D eigenvalue weighted by Gasteiger charge is -2.35. The van der Waals surface area contributed by atoms with Crippen molar-refractivity contribution in [2.75, 3.05) is 55.9 Å². The van der Waals surface area contributed by atoms with Crippen molar-refractivity contribution in [3.8, 4) is 0 Å². The second-order valence-corrected chi connectivity index (χ2v) is 7.97. The zero-order valence-electron chi connectivity index (χ0n) is 12.9. The molecule has 0 spiro atoms. The molecule has 0 aromatic carbocycles. The van der Waals surface area contributed by atoms with Gasteiger partial charge in [0.1, 0.15) is 0 Å². The number of nitrogens with zero attached hydrogens (tertiary/aromatic N) is 2. The Morgan fingerprint density at radius 3 is 2.68 bits per heavy atom. The molecule has 4 nitrogen and oxygen atoms in total. The summed E-state index contributed by atoms with van der Waals surface area (Å²) in [7, 11) is 0. The van der Waals surface area contributed by atoms with Crippen LogP contribution in [-0.2, 0) is 4.74 Å². The number of rotatable bonds is 5. The average Bonchev–Trinajstić information content (AvgIpc) is 2.86. The fourth-order valence-electron chi connectivity index (χ4n) is 2.90. The molecule has 2 fully saturated rings. The van der Waals surface area contributed by atoms with Gasteiger partial charge >= 0.3 is 0 Å². The standard InChI is InChI=1S/C16H25N3OS2/c1-2-4-17-15(3-1)16(19-5-7-20-8-6-19)11-18-14-12-21-9-10-22-13-14/h1-4,14,16,18H,5-13H2. The zero-order valence-corrected chi connectivity index (χ0v) is 14.6. The van der Waals surface area contributed by atoms with E-state index in [1.54, 1.807) is 0 Å². The van der Waals surface area contributed by atoms with Crippen LogP contribution in [0.25, 0.3) is 0 Å². The third kappa shape index (κ3) is 4.86. The summed E-state index contributed by atoms with van der Waals surface area (Å²) in [4.78, 5) is 7.11. The predicted octanol–water partition coefficient (Wildman–Crippen LogP) is 1.89. The van der Waals surface area contributed by atoms with E-state index in [9.17, 15) is 0 Å². The Morgan fingerprint density at radius 2 is 2.00 bits per heavy atom. The van der Waals surface area contributed by atoms with E-state index < -0.39 is 0 Å². The van der Waals surface area contributed by atoms with Crippen molar-refractivity contribution in [1.82, 2.24) is 15.2 Å². The van der Waals surface area contributed by atoms with E-state index in [2.05, 4.69) is 50.9 Å². The summed E-state index contributed by atoms with van der Waals surface area (Å²) < 4.78 is 5.51. The lowest BCUT2D eigenvalue weighted by Crippen LogP contribution is -2.45. The van der Waals surface area contributed by atoms with E-state index in [0.29, 0.717) is 12.1 Å². The summed E-state index contributed by atoms with van der Waals surface area (Å²) >= 11 is 4.15. The molecule has 2 saturated heterocycles. The Hall–Kier alpha value is -0.270. The molecule has 0 aliphatic carbocycles. The molecule has 1 atom stereocenters. The first-order valence-electron chi connectivity index (χ1n) is 8.05. The second kappa shape index (κ2) is 9.13.